The van der Waals surface area contributed by atoms with Crippen LogP contribution in [0.5, 0.6) is 0 Å². The molecule has 0 radical (unpaired) electrons. The molecule has 0 spiro atoms. The van der Waals surface area contributed by atoms with Crippen molar-refractivity contribution >= 4 is 5.91 Å². The molecule has 112 valence electrons. The van der Waals surface area contributed by atoms with Crippen molar-refractivity contribution in [2.24, 2.45) is 0 Å². The fourth-order valence-electron chi connectivity index (χ4n) is 2.05. The summed E-state index contributed by atoms with van der Waals surface area (Å²) < 4.78 is 13.9. The highest BCUT2D eigenvalue weighted by molar-refractivity contribution is 5.75. The maximum Gasteiger partial charge on any atom is 0.220 e. The first-order valence-corrected chi connectivity index (χ1v) is 7.48. The zero-order valence-electron chi connectivity index (χ0n) is 12.8. The average molecular weight is 279 g/mol. The molecule has 3 heteroatoms. The van der Waals surface area contributed by atoms with Crippen LogP contribution in [-0.2, 0) is 17.0 Å². The Balaban J connectivity index is 2.40. The number of amides is 1. The van der Waals surface area contributed by atoms with Crippen LogP contribution in [0.25, 0.3) is 0 Å². The molecule has 1 N–H and O–H groups in total. The van der Waals surface area contributed by atoms with Crippen LogP contribution in [-0.4, -0.2) is 5.91 Å². The van der Waals surface area contributed by atoms with Crippen LogP contribution in [0.4, 0.5) is 4.39 Å². The van der Waals surface area contributed by atoms with Crippen LogP contribution in [0.2, 0.25) is 0 Å². The quantitative estimate of drug-likeness (QED) is 0.698. The van der Waals surface area contributed by atoms with Gasteiger partial charge in [0.15, 0.2) is 0 Å². The Labute approximate surface area is 121 Å². The molecule has 0 bridgehead atoms. The van der Waals surface area contributed by atoms with E-state index in [1.165, 1.54) is 12.8 Å². The highest BCUT2D eigenvalue weighted by atomic mass is 19.1. The maximum absolute atomic E-state index is 13.9. The first-order chi connectivity index (χ1) is 9.43. The van der Waals surface area contributed by atoms with Gasteiger partial charge < -0.3 is 5.32 Å². The van der Waals surface area contributed by atoms with Gasteiger partial charge in [0.1, 0.15) is 5.67 Å². The summed E-state index contributed by atoms with van der Waals surface area (Å²) in [5.41, 5.74) is 0.238. The van der Waals surface area contributed by atoms with Crippen molar-refractivity contribution in [3.05, 3.63) is 35.4 Å². The standard InChI is InChI=1S/C17H26FNO/c1-4-5-6-7-11-16(20)19-13-14-9-8-10-15(12-14)17(2,3)18/h8-10,12H,4-7,11,13H2,1-3H3,(H,19,20). The Morgan fingerprint density at radius 1 is 1.25 bits per heavy atom. The molecule has 0 aromatic heterocycles. The van der Waals surface area contributed by atoms with Gasteiger partial charge in [-0.15, -0.1) is 0 Å². The van der Waals surface area contributed by atoms with E-state index >= 15 is 0 Å². The molecular weight excluding hydrogens is 253 g/mol. The molecule has 0 aliphatic rings. The molecule has 0 heterocycles. The lowest BCUT2D eigenvalue weighted by Gasteiger charge is -2.15. The fourth-order valence-corrected chi connectivity index (χ4v) is 2.05. The van der Waals surface area contributed by atoms with E-state index in [4.69, 9.17) is 0 Å². The average Bonchev–Trinajstić information content (AvgIpc) is 2.41. The van der Waals surface area contributed by atoms with Gasteiger partial charge in [-0.05, 0) is 31.4 Å². The van der Waals surface area contributed by atoms with Crippen LogP contribution in [0.1, 0.15) is 64.0 Å². The smallest absolute Gasteiger partial charge is 0.220 e. The SMILES string of the molecule is CCCCCCC(=O)NCc1cccc(C(C)(C)F)c1. The van der Waals surface area contributed by atoms with Crippen molar-refractivity contribution in [1.29, 1.82) is 0 Å². The van der Waals surface area contributed by atoms with E-state index in [2.05, 4.69) is 12.2 Å². The fraction of sp³-hybridized carbons (Fsp3) is 0.588. The molecule has 20 heavy (non-hydrogen) atoms. The van der Waals surface area contributed by atoms with Gasteiger partial charge in [0.05, 0.1) is 0 Å². The summed E-state index contributed by atoms with van der Waals surface area (Å²) in [7, 11) is 0. The van der Waals surface area contributed by atoms with E-state index in [0.717, 1.165) is 18.4 Å². The zero-order chi connectivity index (χ0) is 15.0. The molecule has 1 aromatic rings. The molecule has 0 saturated carbocycles. The number of hydrogen-bond acceptors (Lipinski definition) is 1. The number of carbonyl (C=O) groups excluding carboxylic acids is 1. The van der Waals surface area contributed by atoms with Crippen molar-refractivity contribution in [2.45, 2.75) is 65.1 Å². The van der Waals surface area contributed by atoms with E-state index in [9.17, 15) is 9.18 Å². The molecule has 1 aromatic carbocycles. The summed E-state index contributed by atoms with van der Waals surface area (Å²) in [5, 5.41) is 2.89. The minimum absolute atomic E-state index is 0.0750. The number of halogens is 1. The van der Waals surface area contributed by atoms with E-state index in [0.29, 0.717) is 18.5 Å². The number of unbranched alkanes of at least 4 members (excludes halogenated alkanes) is 3. The monoisotopic (exact) mass is 279 g/mol. The van der Waals surface area contributed by atoms with E-state index in [-0.39, 0.29) is 5.91 Å². The topological polar surface area (TPSA) is 29.1 Å². The first-order valence-electron chi connectivity index (χ1n) is 7.48. The van der Waals surface area contributed by atoms with Gasteiger partial charge in [-0.2, -0.15) is 0 Å². The van der Waals surface area contributed by atoms with Gasteiger partial charge in [-0.1, -0.05) is 50.5 Å². The second-order valence-corrected chi connectivity index (χ2v) is 5.76. The van der Waals surface area contributed by atoms with Gasteiger partial charge in [0.25, 0.3) is 0 Å². The molecule has 0 fully saturated rings. The lowest BCUT2D eigenvalue weighted by molar-refractivity contribution is -0.121. The van der Waals surface area contributed by atoms with Gasteiger partial charge in [0.2, 0.25) is 5.91 Å². The molecular formula is C17H26FNO. The zero-order valence-corrected chi connectivity index (χ0v) is 12.8. The summed E-state index contributed by atoms with van der Waals surface area (Å²) >= 11 is 0. The molecule has 0 saturated heterocycles. The van der Waals surface area contributed by atoms with Crippen LogP contribution >= 0.6 is 0 Å². The molecule has 0 unspecified atom stereocenters. The maximum atomic E-state index is 13.9. The van der Waals surface area contributed by atoms with Gasteiger partial charge in [-0.25, -0.2) is 4.39 Å². The number of nitrogens with one attached hydrogen (secondary N) is 1. The number of alkyl halides is 1. The van der Waals surface area contributed by atoms with E-state index in [1.54, 1.807) is 19.9 Å². The summed E-state index contributed by atoms with van der Waals surface area (Å²) in [6.07, 6.45) is 4.98. The Bertz CT molecular complexity index is 423. The Morgan fingerprint density at radius 2 is 2.00 bits per heavy atom. The van der Waals surface area contributed by atoms with Crippen molar-refractivity contribution in [1.82, 2.24) is 5.32 Å². The van der Waals surface area contributed by atoms with Crippen molar-refractivity contribution in [3.63, 3.8) is 0 Å². The Hall–Kier alpha value is -1.38. The van der Waals surface area contributed by atoms with E-state index < -0.39 is 5.67 Å². The second kappa shape index (κ2) is 8.03. The summed E-state index contributed by atoms with van der Waals surface area (Å²) in [6, 6.07) is 7.33. The third-order valence-corrected chi connectivity index (χ3v) is 3.36. The van der Waals surface area contributed by atoms with Crippen LogP contribution < -0.4 is 5.32 Å². The summed E-state index contributed by atoms with van der Waals surface area (Å²) in [4.78, 5) is 11.7. The lowest BCUT2D eigenvalue weighted by Crippen LogP contribution is -2.22. The molecule has 1 amide bonds. The minimum Gasteiger partial charge on any atom is -0.352 e. The Kier molecular flexibility index (Phi) is 6.69. The largest absolute Gasteiger partial charge is 0.352 e. The number of hydrogen-bond donors (Lipinski definition) is 1. The normalized spacial score (nSPS) is 11.4. The predicted molar refractivity (Wildman–Crippen MR) is 81.2 cm³/mol. The molecule has 1 rings (SSSR count). The number of carbonyl (C=O) groups is 1. The van der Waals surface area contributed by atoms with E-state index in [1.807, 2.05) is 18.2 Å². The van der Waals surface area contributed by atoms with Crippen molar-refractivity contribution in [3.8, 4) is 0 Å². The van der Waals surface area contributed by atoms with Crippen molar-refractivity contribution < 1.29 is 9.18 Å². The Morgan fingerprint density at radius 3 is 2.65 bits per heavy atom. The lowest BCUT2D eigenvalue weighted by atomic mass is 9.98. The van der Waals surface area contributed by atoms with Crippen LogP contribution in [0.15, 0.2) is 24.3 Å². The predicted octanol–water partition coefficient (Wildman–Crippen LogP) is 4.48. The third kappa shape index (κ3) is 6.18. The molecule has 0 aliphatic heterocycles. The molecule has 2 nitrogen and oxygen atoms in total. The van der Waals surface area contributed by atoms with Crippen LogP contribution in [0.3, 0.4) is 0 Å². The summed E-state index contributed by atoms with van der Waals surface area (Å²) in [6.45, 7) is 5.70. The molecule has 0 aliphatic carbocycles. The van der Waals surface area contributed by atoms with Gasteiger partial charge >= 0.3 is 0 Å². The highest BCUT2D eigenvalue weighted by Crippen LogP contribution is 2.24. The highest BCUT2D eigenvalue weighted by Gasteiger charge is 2.18. The number of rotatable bonds is 8. The second-order valence-electron chi connectivity index (χ2n) is 5.76. The minimum atomic E-state index is -1.35. The summed E-state index contributed by atoms with van der Waals surface area (Å²) in [5.74, 6) is 0.0750. The third-order valence-electron chi connectivity index (χ3n) is 3.36. The number of benzene rings is 1. The van der Waals surface area contributed by atoms with Gasteiger partial charge in [0, 0.05) is 13.0 Å². The first kappa shape index (κ1) is 16.7. The van der Waals surface area contributed by atoms with Crippen molar-refractivity contribution in [2.75, 3.05) is 0 Å². The van der Waals surface area contributed by atoms with Crippen LogP contribution in [0, 0.1) is 0 Å². The molecule has 0 atom stereocenters. The van der Waals surface area contributed by atoms with Gasteiger partial charge in [-0.3, -0.25) is 4.79 Å².